The number of carbonyl (C=O) groups excluding carboxylic acids is 1. The molecule has 2 aromatic rings. The number of carbonyl (C=O) groups is 1. The van der Waals surface area contributed by atoms with Crippen molar-refractivity contribution in [3.63, 3.8) is 0 Å². The van der Waals surface area contributed by atoms with Gasteiger partial charge >= 0.3 is 0 Å². The molecule has 2 aromatic heterocycles. The van der Waals surface area contributed by atoms with E-state index in [0.29, 0.717) is 11.5 Å². The SMILES string of the molecule is Cc1nc2c(cnn2C(C)C)cc1C(=O)NC1CCCCC1C(C)(C)C. The molecule has 1 N–H and O–H groups in total. The molecule has 0 bridgehead atoms. The number of rotatable bonds is 3. The maximum absolute atomic E-state index is 13.0. The third kappa shape index (κ3) is 3.62. The van der Waals surface area contributed by atoms with Gasteiger partial charge in [0.15, 0.2) is 5.65 Å². The lowest BCUT2D eigenvalue weighted by atomic mass is 9.69. The molecule has 5 heteroatoms. The summed E-state index contributed by atoms with van der Waals surface area (Å²) in [5.74, 6) is 0.510. The van der Waals surface area contributed by atoms with Crippen LogP contribution in [0.2, 0.25) is 0 Å². The minimum absolute atomic E-state index is 0.00431. The van der Waals surface area contributed by atoms with Gasteiger partial charge < -0.3 is 5.32 Å². The maximum Gasteiger partial charge on any atom is 0.253 e. The highest BCUT2D eigenvalue weighted by Crippen LogP contribution is 2.38. The van der Waals surface area contributed by atoms with Crippen LogP contribution in [0.15, 0.2) is 12.3 Å². The largest absolute Gasteiger partial charge is 0.349 e. The first-order valence-electron chi connectivity index (χ1n) is 9.84. The summed E-state index contributed by atoms with van der Waals surface area (Å²) in [6.07, 6.45) is 6.50. The van der Waals surface area contributed by atoms with Gasteiger partial charge in [-0.1, -0.05) is 33.6 Å². The molecule has 142 valence electrons. The Morgan fingerprint density at radius 2 is 1.96 bits per heavy atom. The monoisotopic (exact) mass is 356 g/mol. The fourth-order valence-corrected chi connectivity index (χ4v) is 4.26. The number of pyridine rings is 1. The van der Waals surface area contributed by atoms with Crippen LogP contribution >= 0.6 is 0 Å². The van der Waals surface area contributed by atoms with E-state index in [4.69, 9.17) is 0 Å². The summed E-state index contributed by atoms with van der Waals surface area (Å²) < 4.78 is 1.90. The van der Waals surface area contributed by atoms with Gasteiger partial charge in [0.25, 0.3) is 5.91 Å². The van der Waals surface area contributed by atoms with Gasteiger partial charge in [0.1, 0.15) is 0 Å². The zero-order valence-corrected chi connectivity index (χ0v) is 17.0. The summed E-state index contributed by atoms with van der Waals surface area (Å²) in [6.45, 7) is 12.9. The van der Waals surface area contributed by atoms with E-state index >= 15 is 0 Å². The molecule has 2 unspecified atom stereocenters. The predicted octanol–water partition coefficient (Wildman–Crippen LogP) is 4.66. The molecule has 0 spiro atoms. The lowest BCUT2D eigenvalue weighted by Gasteiger charge is -2.40. The number of fused-ring (bicyclic) bond motifs is 1. The highest BCUT2D eigenvalue weighted by atomic mass is 16.1. The molecule has 3 rings (SSSR count). The number of nitrogens with one attached hydrogen (secondary N) is 1. The van der Waals surface area contributed by atoms with Crippen LogP contribution in [0.3, 0.4) is 0 Å². The van der Waals surface area contributed by atoms with Crippen molar-refractivity contribution in [3.8, 4) is 0 Å². The summed E-state index contributed by atoms with van der Waals surface area (Å²) in [7, 11) is 0. The van der Waals surface area contributed by atoms with E-state index in [1.54, 1.807) is 6.20 Å². The van der Waals surface area contributed by atoms with Crippen molar-refractivity contribution < 1.29 is 4.79 Å². The predicted molar refractivity (Wildman–Crippen MR) is 105 cm³/mol. The third-order valence-electron chi connectivity index (χ3n) is 5.69. The van der Waals surface area contributed by atoms with E-state index in [2.05, 4.69) is 50.0 Å². The van der Waals surface area contributed by atoms with E-state index in [-0.39, 0.29) is 23.4 Å². The van der Waals surface area contributed by atoms with Gasteiger partial charge in [-0.2, -0.15) is 5.10 Å². The van der Waals surface area contributed by atoms with Gasteiger partial charge in [0.05, 0.1) is 17.5 Å². The van der Waals surface area contributed by atoms with Gasteiger partial charge in [-0.05, 0) is 51.0 Å². The van der Waals surface area contributed by atoms with Crippen LogP contribution in [0.5, 0.6) is 0 Å². The molecule has 0 aromatic carbocycles. The Bertz CT molecular complexity index is 800. The molecule has 2 atom stereocenters. The van der Waals surface area contributed by atoms with E-state index in [1.807, 2.05) is 17.7 Å². The summed E-state index contributed by atoms with van der Waals surface area (Å²) in [4.78, 5) is 17.7. The normalized spacial score (nSPS) is 21.3. The molecule has 1 aliphatic carbocycles. The van der Waals surface area contributed by atoms with Gasteiger partial charge in [-0.25, -0.2) is 9.67 Å². The molecule has 1 fully saturated rings. The number of aryl methyl sites for hydroxylation is 1. The van der Waals surface area contributed by atoms with Crippen LogP contribution in [0.4, 0.5) is 0 Å². The van der Waals surface area contributed by atoms with Gasteiger partial charge in [-0.15, -0.1) is 0 Å². The van der Waals surface area contributed by atoms with E-state index in [0.717, 1.165) is 23.1 Å². The van der Waals surface area contributed by atoms with Gasteiger partial charge in [0, 0.05) is 17.5 Å². The Balaban J connectivity index is 1.86. The first kappa shape index (κ1) is 18.9. The van der Waals surface area contributed by atoms with Crippen molar-refractivity contribution in [2.24, 2.45) is 11.3 Å². The van der Waals surface area contributed by atoms with Crippen LogP contribution in [0.1, 0.15) is 82.4 Å². The van der Waals surface area contributed by atoms with Gasteiger partial charge in [-0.3, -0.25) is 4.79 Å². The maximum atomic E-state index is 13.0. The number of amides is 1. The molecule has 1 saturated carbocycles. The van der Waals surface area contributed by atoms with Crippen LogP contribution in [-0.4, -0.2) is 26.7 Å². The first-order valence-corrected chi connectivity index (χ1v) is 9.84. The average Bonchev–Trinajstić information content (AvgIpc) is 2.96. The van der Waals surface area contributed by atoms with Crippen LogP contribution < -0.4 is 5.32 Å². The van der Waals surface area contributed by atoms with Crippen LogP contribution in [-0.2, 0) is 0 Å². The average molecular weight is 357 g/mol. The summed E-state index contributed by atoms with van der Waals surface area (Å²) in [5, 5.41) is 8.66. The molecule has 0 saturated heterocycles. The van der Waals surface area contributed by atoms with Crippen molar-refractivity contribution in [3.05, 3.63) is 23.5 Å². The second-order valence-electron chi connectivity index (χ2n) is 9.05. The summed E-state index contributed by atoms with van der Waals surface area (Å²) in [5.41, 5.74) is 2.48. The Morgan fingerprint density at radius 1 is 1.27 bits per heavy atom. The lowest BCUT2D eigenvalue weighted by molar-refractivity contribution is 0.0829. The Kier molecular flexibility index (Phi) is 5.09. The fraction of sp³-hybridized carbons (Fsp3) is 0.667. The molecule has 1 aliphatic rings. The highest BCUT2D eigenvalue weighted by molar-refractivity contribution is 5.98. The standard InChI is InChI=1S/C21H32N4O/c1-13(2)25-19-15(12-22-25)11-16(14(3)23-19)20(26)24-18-10-8-7-9-17(18)21(4,5)6/h11-13,17-18H,7-10H2,1-6H3,(H,24,26). The van der Waals surface area contributed by atoms with E-state index in [1.165, 1.54) is 19.3 Å². The number of nitrogens with zero attached hydrogens (tertiary/aromatic N) is 3. The van der Waals surface area contributed by atoms with Crippen molar-refractivity contribution in [2.45, 2.75) is 79.3 Å². The molecular formula is C21H32N4O. The zero-order valence-electron chi connectivity index (χ0n) is 17.0. The molecule has 0 radical (unpaired) electrons. The minimum Gasteiger partial charge on any atom is -0.349 e. The van der Waals surface area contributed by atoms with Crippen molar-refractivity contribution in [1.82, 2.24) is 20.1 Å². The smallest absolute Gasteiger partial charge is 0.253 e. The van der Waals surface area contributed by atoms with Crippen molar-refractivity contribution >= 4 is 16.9 Å². The summed E-state index contributed by atoms with van der Waals surface area (Å²) in [6, 6.07) is 2.42. The molecule has 2 heterocycles. The molecule has 26 heavy (non-hydrogen) atoms. The highest BCUT2D eigenvalue weighted by Gasteiger charge is 2.35. The van der Waals surface area contributed by atoms with E-state index < -0.39 is 0 Å². The van der Waals surface area contributed by atoms with Crippen molar-refractivity contribution in [2.75, 3.05) is 0 Å². The second-order valence-corrected chi connectivity index (χ2v) is 9.05. The van der Waals surface area contributed by atoms with Gasteiger partial charge in [0.2, 0.25) is 0 Å². The Labute approximate surface area is 156 Å². The number of hydrogen-bond donors (Lipinski definition) is 1. The number of hydrogen-bond acceptors (Lipinski definition) is 3. The summed E-state index contributed by atoms with van der Waals surface area (Å²) >= 11 is 0. The quantitative estimate of drug-likeness (QED) is 0.870. The van der Waals surface area contributed by atoms with Crippen molar-refractivity contribution in [1.29, 1.82) is 0 Å². The van der Waals surface area contributed by atoms with E-state index in [9.17, 15) is 4.79 Å². The molecule has 1 amide bonds. The molecule has 0 aliphatic heterocycles. The van der Waals surface area contributed by atoms with Crippen LogP contribution in [0, 0.1) is 18.3 Å². The molecule has 5 nitrogen and oxygen atoms in total. The Hall–Kier alpha value is -1.91. The number of aromatic nitrogens is 3. The van der Waals surface area contributed by atoms with Crippen LogP contribution in [0.25, 0.3) is 11.0 Å². The molecular weight excluding hydrogens is 324 g/mol. The topological polar surface area (TPSA) is 59.8 Å². The zero-order chi connectivity index (χ0) is 19.1. The third-order valence-corrected chi connectivity index (χ3v) is 5.69. The lowest BCUT2D eigenvalue weighted by Crippen LogP contribution is -2.46. The minimum atomic E-state index is -0.00431. The second kappa shape index (κ2) is 7.01. The fourth-order valence-electron chi connectivity index (χ4n) is 4.26. The Morgan fingerprint density at radius 3 is 2.62 bits per heavy atom. The first-order chi connectivity index (χ1) is 12.2.